The van der Waals surface area contributed by atoms with Gasteiger partial charge in [-0.2, -0.15) is 4.98 Å². The average Bonchev–Trinajstić information content (AvgIpc) is 3.56. The van der Waals surface area contributed by atoms with Gasteiger partial charge in [0.2, 0.25) is 11.7 Å². The molecule has 0 atom stereocenters. The number of rotatable bonds is 7. The fourth-order valence-corrected chi connectivity index (χ4v) is 3.97. The highest BCUT2D eigenvalue weighted by molar-refractivity contribution is 7.98. The first kappa shape index (κ1) is 20.5. The SMILES string of the molecule is Fc1ccc(-c2noc(CSc3nnc(-c4ccc(Cl)cc4)n3Cc3ccco3)n2)cc1. The lowest BCUT2D eigenvalue weighted by molar-refractivity contribution is 0.391. The summed E-state index contributed by atoms with van der Waals surface area (Å²) in [5.74, 6) is 2.37. The fraction of sp³-hybridized carbons (Fsp3) is 0.0909. The van der Waals surface area contributed by atoms with E-state index in [4.69, 9.17) is 20.5 Å². The Kier molecular flexibility index (Phi) is 5.74. The Labute approximate surface area is 191 Å². The van der Waals surface area contributed by atoms with Gasteiger partial charge in [0.15, 0.2) is 11.0 Å². The summed E-state index contributed by atoms with van der Waals surface area (Å²) in [7, 11) is 0. The molecule has 7 nitrogen and oxygen atoms in total. The molecule has 0 aliphatic rings. The van der Waals surface area contributed by atoms with E-state index in [9.17, 15) is 4.39 Å². The molecule has 5 aromatic rings. The number of hydrogen-bond donors (Lipinski definition) is 0. The van der Waals surface area contributed by atoms with Crippen LogP contribution in [0.5, 0.6) is 0 Å². The van der Waals surface area contributed by atoms with E-state index in [1.807, 2.05) is 41.0 Å². The summed E-state index contributed by atoms with van der Waals surface area (Å²) in [6.45, 7) is 0.463. The minimum Gasteiger partial charge on any atom is -0.467 e. The maximum atomic E-state index is 13.1. The van der Waals surface area contributed by atoms with Crippen molar-refractivity contribution in [1.82, 2.24) is 24.9 Å². The van der Waals surface area contributed by atoms with Crippen molar-refractivity contribution in [3.8, 4) is 22.8 Å². The van der Waals surface area contributed by atoms with Crippen LogP contribution in [-0.2, 0) is 12.3 Å². The summed E-state index contributed by atoms with van der Waals surface area (Å²) >= 11 is 7.44. The summed E-state index contributed by atoms with van der Waals surface area (Å²) < 4.78 is 26.0. The maximum Gasteiger partial charge on any atom is 0.237 e. The van der Waals surface area contributed by atoms with Crippen LogP contribution in [-0.4, -0.2) is 24.9 Å². The average molecular weight is 468 g/mol. The third-order valence-electron chi connectivity index (χ3n) is 4.61. The van der Waals surface area contributed by atoms with Gasteiger partial charge in [-0.3, -0.25) is 4.57 Å². The highest BCUT2D eigenvalue weighted by atomic mass is 35.5. The Balaban J connectivity index is 1.38. The quantitative estimate of drug-likeness (QED) is 0.283. The zero-order valence-corrected chi connectivity index (χ0v) is 18.1. The van der Waals surface area contributed by atoms with Crippen molar-refractivity contribution in [2.24, 2.45) is 0 Å². The van der Waals surface area contributed by atoms with Gasteiger partial charge in [0, 0.05) is 16.1 Å². The highest BCUT2D eigenvalue weighted by Gasteiger charge is 2.18. The van der Waals surface area contributed by atoms with E-state index >= 15 is 0 Å². The van der Waals surface area contributed by atoms with E-state index in [-0.39, 0.29) is 5.82 Å². The second-order valence-corrected chi connectivity index (χ2v) is 8.16. The van der Waals surface area contributed by atoms with Gasteiger partial charge in [-0.25, -0.2) is 4.39 Å². The number of furan rings is 1. The standard InChI is InChI=1S/C22H15ClFN5O2S/c23-16-7-3-15(4-8-16)21-26-27-22(29(21)12-18-2-1-11-30-18)32-13-19-25-20(28-31-19)14-5-9-17(24)10-6-14/h1-11H,12-13H2. The Hall–Kier alpha value is -3.43. The molecule has 3 aromatic heterocycles. The molecule has 32 heavy (non-hydrogen) atoms. The zero-order chi connectivity index (χ0) is 21.9. The number of halogens is 2. The number of nitrogens with zero attached hydrogens (tertiary/aromatic N) is 5. The van der Waals surface area contributed by atoms with E-state index in [0.29, 0.717) is 45.6 Å². The van der Waals surface area contributed by atoms with Gasteiger partial charge < -0.3 is 8.94 Å². The molecule has 0 unspecified atom stereocenters. The van der Waals surface area contributed by atoms with Crippen molar-refractivity contribution in [3.05, 3.63) is 89.4 Å². The Bertz CT molecular complexity index is 1320. The Morgan fingerprint density at radius 2 is 1.75 bits per heavy atom. The third kappa shape index (κ3) is 4.44. The van der Waals surface area contributed by atoms with Crippen molar-refractivity contribution >= 4 is 23.4 Å². The van der Waals surface area contributed by atoms with Crippen LogP contribution in [0.25, 0.3) is 22.8 Å². The van der Waals surface area contributed by atoms with Crippen molar-refractivity contribution in [2.75, 3.05) is 0 Å². The second-order valence-electron chi connectivity index (χ2n) is 6.79. The molecule has 3 heterocycles. The van der Waals surface area contributed by atoms with Crippen molar-refractivity contribution < 1.29 is 13.3 Å². The molecule has 5 rings (SSSR count). The topological polar surface area (TPSA) is 82.8 Å². The zero-order valence-electron chi connectivity index (χ0n) is 16.5. The molecule has 0 fully saturated rings. The molecule has 0 N–H and O–H groups in total. The lowest BCUT2D eigenvalue weighted by Gasteiger charge is -2.08. The lowest BCUT2D eigenvalue weighted by Crippen LogP contribution is -2.03. The Morgan fingerprint density at radius 1 is 0.969 bits per heavy atom. The minimum atomic E-state index is -0.319. The second kappa shape index (κ2) is 8.97. The van der Waals surface area contributed by atoms with Crippen LogP contribution >= 0.6 is 23.4 Å². The molecule has 0 saturated heterocycles. The van der Waals surface area contributed by atoms with Gasteiger partial charge in [0.05, 0.1) is 18.6 Å². The molecule has 160 valence electrons. The van der Waals surface area contributed by atoms with Gasteiger partial charge in [0.1, 0.15) is 11.6 Å². The van der Waals surface area contributed by atoms with Gasteiger partial charge >= 0.3 is 0 Å². The van der Waals surface area contributed by atoms with Crippen molar-refractivity contribution in [2.45, 2.75) is 17.5 Å². The van der Waals surface area contributed by atoms with Crippen LogP contribution < -0.4 is 0 Å². The summed E-state index contributed by atoms with van der Waals surface area (Å²) in [5.41, 5.74) is 1.56. The van der Waals surface area contributed by atoms with Crippen LogP contribution in [0, 0.1) is 5.82 Å². The third-order valence-corrected chi connectivity index (χ3v) is 5.81. The van der Waals surface area contributed by atoms with Crippen molar-refractivity contribution in [3.63, 3.8) is 0 Å². The first-order chi connectivity index (χ1) is 15.7. The molecule has 0 aliphatic carbocycles. The minimum absolute atomic E-state index is 0.319. The van der Waals surface area contributed by atoms with Gasteiger partial charge in [-0.05, 0) is 60.7 Å². The van der Waals surface area contributed by atoms with Crippen LogP contribution in [0.1, 0.15) is 11.7 Å². The Morgan fingerprint density at radius 3 is 2.50 bits per heavy atom. The molecule has 0 bridgehead atoms. The monoisotopic (exact) mass is 467 g/mol. The maximum absolute atomic E-state index is 13.1. The molecule has 0 saturated carbocycles. The smallest absolute Gasteiger partial charge is 0.237 e. The number of aromatic nitrogens is 5. The van der Waals surface area contributed by atoms with Gasteiger partial charge in [-0.15, -0.1) is 10.2 Å². The van der Waals surface area contributed by atoms with Gasteiger partial charge in [-0.1, -0.05) is 28.5 Å². The molecule has 0 spiro atoms. The molecule has 0 aliphatic heterocycles. The van der Waals surface area contributed by atoms with E-state index < -0.39 is 0 Å². The number of hydrogen-bond acceptors (Lipinski definition) is 7. The van der Waals surface area contributed by atoms with E-state index in [0.717, 1.165) is 11.3 Å². The summed E-state index contributed by atoms with van der Waals surface area (Å²) in [6, 6.07) is 17.1. The largest absolute Gasteiger partial charge is 0.467 e. The number of benzene rings is 2. The highest BCUT2D eigenvalue weighted by Crippen LogP contribution is 2.28. The van der Waals surface area contributed by atoms with Gasteiger partial charge in [0.25, 0.3) is 0 Å². The summed E-state index contributed by atoms with van der Waals surface area (Å²) in [4.78, 5) is 4.39. The van der Waals surface area contributed by atoms with Crippen LogP contribution in [0.4, 0.5) is 4.39 Å². The molecule has 2 aromatic carbocycles. The predicted molar refractivity (Wildman–Crippen MR) is 118 cm³/mol. The first-order valence-electron chi connectivity index (χ1n) is 9.58. The molecule has 0 amide bonds. The van der Waals surface area contributed by atoms with Crippen molar-refractivity contribution in [1.29, 1.82) is 0 Å². The predicted octanol–water partition coefficient (Wildman–Crippen LogP) is 5.72. The summed E-state index contributed by atoms with van der Waals surface area (Å²) in [5, 5.41) is 14.0. The normalized spacial score (nSPS) is 11.2. The van der Waals surface area contributed by atoms with E-state index in [1.54, 1.807) is 18.4 Å². The molecule has 10 heteroatoms. The fourth-order valence-electron chi connectivity index (χ4n) is 3.06. The van der Waals surface area contributed by atoms with Crippen LogP contribution in [0.2, 0.25) is 5.02 Å². The van der Waals surface area contributed by atoms with Crippen LogP contribution in [0.15, 0.2) is 81.0 Å². The summed E-state index contributed by atoms with van der Waals surface area (Å²) in [6.07, 6.45) is 1.63. The van der Waals surface area contributed by atoms with E-state index in [1.165, 1.54) is 23.9 Å². The number of thioether (sulfide) groups is 1. The molecular weight excluding hydrogens is 453 g/mol. The van der Waals surface area contributed by atoms with E-state index in [2.05, 4.69) is 20.3 Å². The molecular formula is C22H15ClFN5O2S. The lowest BCUT2D eigenvalue weighted by atomic mass is 10.2. The van der Waals surface area contributed by atoms with Crippen LogP contribution in [0.3, 0.4) is 0 Å². The molecule has 0 radical (unpaired) electrons. The first-order valence-corrected chi connectivity index (χ1v) is 10.9.